The minimum absolute atomic E-state index is 0.337. The van der Waals surface area contributed by atoms with E-state index in [4.69, 9.17) is 9.47 Å². The molecule has 0 saturated heterocycles. The second-order valence-electron chi connectivity index (χ2n) is 4.88. The summed E-state index contributed by atoms with van der Waals surface area (Å²) in [6.07, 6.45) is 2.32. The Morgan fingerprint density at radius 2 is 1.70 bits per heavy atom. The molecule has 0 radical (unpaired) electrons. The van der Waals surface area contributed by atoms with Gasteiger partial charge in [0.1, 0.15) is 0 Å². The molecule has 2 aliphatic rings. The van der Waals surface area contributed by atoms with Crippen molar-refractivity contribution in [1.29, 1.82) is 0 Å². The van der Waals surface area contributed by atoms with E-state index in [1.165, 1.54) is 27.4 Å². The Balaban J connectivity index is 1.63. The highest BCUT2D eigenvalue weighted by atomic mass is 32.2. The molecule has 2 aromatic rings. The fourth-order valence-electron chi connectivity index (χ4n) is 2.49. The lowest BCUT2D eigenvalue weighted by Crippen LogP contribution is -2.00. The van der Waals surface area contributed by atoms with E-state index < -0.39 is 0 Å². The molecule has 4 rings (SSSR count). The van der Waals surface area contributed by atoms with Crippen LogP contribution in [0.3, 0.4) is 0 Å². The van der Waals surface area contributed by atoms with Crippen molar-refractivity contribution < 1.29 is 9.47 Å². The summed E-state index contributed by atoms with van der Waals surface area (Å²) in [6, 6.07) is 16.8. The van der Waals surface area contributed by atoms with Crippen molar-refractivity contribution in [2.75, 3.05) is 6.79 Å². The van der Waals surface area contributed by atoms with Gasteiger partial charge in [0.25, 0.3) is 0 Å². The summed E-state index contributed by atoms with van der Waals surface area (Å²) < 4.78 is 10.8. The molecular formula is C17H14O2S. The maximum absolute atomic E-state index is 5.46. The summed E-state index contributed by atoms with van der Waals surface area (Å²) in [5.41, 5.74) is 2.70. The van der Waals surface area contributed by atoms with E-state index in [0.717, 1.165) is 17.9 Å². The van der Waals surface area contributed by atoms with Crippen LogP contribution in [0.4, 0.5) is 0 Å². The Labute approximate surface area is 122 Å². The minimum Gasteiger partial charge on any atom is -0.454 e. The third-order valence-corrected chi connectivity index (χ3v) is 4.85. The Kier molecular flexibility index (Phi) is 2.92. The van der Waals surface area contributed by atoms with Crippen LogP contribution in [-0.4, -0.2) is 6.79 Å². The molecule has 0 unspecified atom stereocenters. The number of rotatable bonds is 3. The molecular weight excluding hydrogens is 268 g/mol. The number of ether oxygens (including phenoxy) is 2. The van der Waals surface area contributed by atoms with Gasteiger partial charge in [-0.15, -0.1) is 0 Å². The van der Waals surface area contributed by atoms with Gasteiger partial charge in [0.05, 0.1) is 0 Å². The third-order valence-electron chi connectivity index (χ3n) is 3.64. The molecule has 0 spiro atoms. The molecule has 1 aliphatic carbocycles. The van der Waals surface area contributed by atoms with Crippen molar-refractivity contribution in [3.8, 4) is 11.5 Å². The SMILES string of the molecule is c1ccc(SC2=C(c3ccc4c(c3)OCO4)CC2)cc1. The zero-order chi connectivity index (χ0) is 13.4. The second-order valence-corrected chi connectivity index (χ2v) is 6.05. The zero-order valence-corrected chi connectivity index (χ0v) is 11.8. The summed E-state index contributed by atoms with van der Waals surface area (Å²) in [5.74, 6) is 1.72. The lowest BCUT2D eigenvalue weighted by molar-refractivity contribution is 0.174. The van der Waals surface area contributed by atoms with Gasteiger partial charge in [0.2, 0.25) is 6.79 Å². The molecule has 0 fully saturated rings. The van der Waals surface area contributed by atoms with Crippen LogP contribution in [0.5, 0.6) is 11.5 Å². The first-order valence-corrected chi connectivity index (χ1v) is 7.57. The number of fused-ring (bicyclic) bond motifs is 1. The average molecular weight is 282 g/mol. The molecule has 0 aromatic heterocycles. The van der Waals surface area contributed by atoms with Crippen LogP contribution in [0.1, 0.15) is 18.4 Å². The molecule has 100 valence electrons. The first kappa shape index (κ1) is 11.9. The molecule has 0 bridgehead atoms. The van der Waals surface area contributed by atoms with Crippen LogP contribution >= 0.6 is 11.8 Å². The predicted molar refractivity (Wildman–Crippen MR) is 81.0 cm³/mol. The van der Waals surface area contributed by atoms with Crippen LogP contribution < -0.4 is 9.47 Å². The van der Waals surface area contributed by atoms with Gasteiger partial charge in [0.15, 0.2) is 11.5 Å². The lowest BCUT2D eigenvalue weighted by Gasteiger charge is -2.24. The predicted octanol–water partition coefficient (Wildman–Crippen LogP) is 4.71. The molecule has 0 N–H and O–H groups in total. The van der Waals surface area contributed by atoms with Crippen LogP contribution in [0.15, 0.2) is 58.3 Å². The van der Waals surface area contributed by atoms with Crippen LogP contribution in [0, 0.1) is 0 Å². The van der Waals surface area contributed by atoms with Gasteiger partial charge < -0.3 is 9.47 Å². The van der Waals surface area contributed by atoms with E-state index in [9.17, 15) is 0 Å². The van der Waals surface area contributed by atoms with E-state index in [-0.39, 0.29) is 0 Å². The molecule has 2 nitrogen and oxygen atoms in total. The number of thioether (sulfide) groups is 1. The molecule has 3 heteroatoms. The van der Waals surface area contributed by atoms with Gasteiger partial charge in [-0.1, -0.05) is 36.0 Å². The third kappa shape index (κ3) is 2.08. The Morgan fingerprint density at radius 1 is 0.850 bits per heavy atom. The standard InChI is InChI=1S/C17H14O2S/c1-2-4-13(5-3-1)20-17-9-7-14(17)12-6-8-15-16(10-12)19-11-18-15/h1-6,8,10H,7,9,11H2. The molecule has 1 aliphatic heterocycles. The van der Waals surface area contributed by atoms with E-state index in [1.54, 1.807) is 0 Å². The topological polar surface area (TPSA) is 18.5 Å². The monoisotopic (exact) mass is 282 g/mol. The van der Waals surface area contributed by atoms with Crippen LogP contribution in [-0.2, 0) is 0 Å². The first-order valence-electron chi connectivity index (χ1n) is 6.75. The highest BCUT2D eigenvalue weighted by Crippen LogP contribution is 2.47. The number of allylic oxidation sites excluding steroid dienone is 2. The van der Waals surface area contributed by atoms with Crippen molar-refractivity contribution in [1.82, 2.24) is 0 Å². The lowest BCUT2D eigenvalue weighted by atomic mass is 9.91. The summed E-state index contributed by atoms with van der Waals surface area (Å²) >= 11 is 1.87. The van der Waals surface area contributed by atoms with Crippen molar-refractivity contribution in [3.05, 3.63) is 59.0 Å². The van der Waals surface area contributed by atoms with Gasteiger partial charge in [-0.2, -0.15) is 0 Å². The fraction of sp³-hybridized carbons (Fsp3) is 0.176. The van der Waals surface area contributed by atoms with E-state index in [1.807, 2.05) is 17.8 Å². The maximum atomic E-state index is 5.46. The summed E-state index contributed by atoms with van der Waals surface area (Å²) in [5, 5.41) is 0. The van der Waals surface area contributed by atoms with Crippen LogP contribution in [0.2, 0.25) is 0 Å². The Bertz CT molecular complexity index is 677. The smallest absolute Gasteiger partial charge is 0.231 e. The van der Waals surface area contributed by atoms with Crippen LogP contribution in [0.25, 0.3) is 5.57 Å². The summed E-state index contributed by atoms with van der Waals surface area (Å²) in [7, 11) is 0. The van der Waals surface area contributed by atoms with Gasteiger partial charge in [0, 0.05) is 4.90 Å². The van der Waals surface area contributed by atoms with Gasteiger partial charge in [-0.05, 0) is 53.1 Å². The Hall–Kier alpha value is -1.87. The molecule has 1 heterocycles. The van der Waals surface area contributed by atoms with Gasteiger partial charge in [-0.25, -0.2) is 0 Å². The number of hydrogen-bond donors (Lipinski definition) is 0. The highest BCUT2D eigenvalue weighted by molar-refractivity contribution is 8.03. The quantitative estimate of drug-likeness (QED) is 0.812. The molecule has 0 amide bonds. The first-order chi connectivity index (χ1) is 9.90. The molecule has 0 saturated carbocycles. The van der Waals surface area contributed by atoms with Gasteiger partial charge >= 0.3 is 0 Å². The van der Waals surface area contributed by atoms with Gasteiger partial charge in [-0.3, -0.25) is 0 Å². The molecule has 2 aromatic carbocycles. The van der Waals surface area contributed by atoms with Crippen molar-refractivity contribution in [2.24, 2.45) is 0 Å². The van der Waals surface area contributed by atoms with Crippen molar-refractivity contribution in [3.63, 3.8) is 0 Å². The maximum Gasteiger partial charge on any atom is 0.231 e. The number of benzene rings is 2. The van der Waals surface area contributed by atoms with Crippen molar-refractivity contribution in [2.45, 2.75) is 17.7 Å². The Morgan fingerprint density at radius 3 is 2.50 bits per heavy atom. The largest absolute Gasteiger partial charge is 0.454 e. The summed E-state index contributed by atoms with van der Waals surface area (Å²) in [6.45, 7) is 0.337. The highest BCUT2D eigenvalue weighted by Gasteiger charge is 2.22. The van der Waals surface area contributed by atoms with E-state index >= 15 is 0 Å². The summed E-state index contributed by atoms with van der Waals surface area (Å²) in [4.78, 5) is 2.77. The fourth-order valence-corrected chi connectivity index (χ4v) is 3.61. The second kappa shape index (κ2) is 4.91. The average Bonchev–Trinajstić information content (AvgIpc) is 2.92. The van der Waals surface area contributed by atoms with E-state index in [0.29, 0.717) is 6.79 Å². The molecule has 20 heavy (non-hydrogen) atoms. The van der Waals surface area contributed by atoms with E-state index in [2.05, 4.69) is 42.5 Å². The van der Waals surface area contributed by atoms with Crippen molar-refractivity contribution >= 4 is 17.3 Å². The normalized spacial score (nSPS) is 16.2. The molecule has 0 atom stereocenters. The number of hydrogen-bond acceptors (Lipinski definition) is 3. The minimum atomic E-state index is 0.337. The zero-order valence-electron chi connectivity index (χ0n) is 11.0.